The van der Waals surface area contributed by atoms with Gasteiger partial charge in [0.1, 0.15) is 0 Å². The Labute approximate surface area is 108 Å². The van der Waals surface area contributed by atoms with Crippen LogP contribution in [0.25, 0.3) is 0 Å². The van der Waals surface area contributed by atoms with Crippen molar-refractivity contribution in [3.05, 3.63) is 30.3 Å². The Kier molecular flexibility index (Phi) is 3.93. The summed E-state index contributed by atoms with van der Waals surface area (Å²) in [6.07, 6.45) is 5.00. The Morgan fingerprint density at radius 3 is 2.44 bits per heavy atom. The van der Waals surface area contributed by atoms with Crippen LogP contribution in [0.1, 0.15) is 32.1 Å². The van der Waals surface area contributed by atoms with E-state index in [2.05, 4.69) is 16.4 Å². The van der Waals surface area contributed by atoms with E-state index in [-0.39, 0.29) is 0 Å². The maximum Gasteiger partial charge on any atom is 0.169 e. The van der Waals surface area contributed by atoms with Crippen LogP contribution in [-0.4, -0.2) is 12.6 Å². The monoisotopic (exact) mass is 242 g/mol. The second-order valence-electron chi connectivity index (χ2n) is 4.75. The highest BCUT2D eigenvalue weighted by molar-refractivity contribution is 5.43. The molecule has 94 valence electrons. The first-order valence-electron chi connectivity index (χ1n) is 6.39. The summed E-state index contributed by atoms with van der Waals surface area (Å²) >= 11 is 0. The molecule has 18 heavy (non-hydrogen) atoms. The molecule has 0 unspecified atom stereocenters. The standard InChI is InChI=1S/C14H18N4/c1-18(13-8-4-2-5-9-13)17-16-14(12-15)10-6-3-7-11-14/h2,4-5,8-9H,3,6-7,10-11H2,1H3. The van der Waals surface area contributed by atoms with Crippen molar-refractivity contribution in [2.45, 2.75) is 37.6 Å². The summed E-state index contributed by atoms with van der Waals surface area (Å²) in [7, 11) is 1.85. The molecule has 1 aliphatic carbocycles. The van der Waals surface area contributed by atoms with Crippen molar-refractivity contribution in [3.63, 3.8) is 0 Å². The summed E-state index contributed by atoms with van der Waals surface area (Å²) in [6.45, 7) is 0. The number of para-hydroxylation sites is 1. The van der Waals surface area contributed by atoms with Gasteiger partial charge in [-0.25, -0.2) is 0 Å². The van der Waals surface area contributed by atoms with Crippen molar-refractivity contribution in [3.8, 4) is 6.07 Å². The molecule has 4 heteroatoms. The summed E-state index contributed by atoms with van der Waals surface area (Å²) in [5.41, 5.74) is 0.381. The van der Waals surface area contributed by atoms with Gasteiger partial charge in [-0.05, 0) is 37.8 Å². The molecule has 1 aliphatic rings. The average Bonchev–Trinajstić information content (AvgIpc) is 2.47. The zero-order valence-electron chi connectivity index (χ0n) is 10.7. The number of anilines is 1. The van der Waals surface area contributed by atoms with E-state index in [0.717, 1.165) is 31.4 Å². The Balaban J connectivity index is 2.08. The van der Waals surface area contributed by atoms with E-state index in [1.54, 1.807) is 5.01 Å². The van der Waals surface area contributed by atoms with Gasteiger partial charge >= 0.3 is 0 Å². The zero-order valence-corrected chi connectivity index (χ0v) is 10.7. The molecule has 4 nitrogen and oxygen atoms in total. The van der Waals surface area contributed by atoms with E-state index < -0.39 is 5.54 Å². The van der Waals surface area contributed by atoms with E-state index in [1.807, 2.05) is 37.4 Å². The maximum atomic E-state index is 9.30. The van der Waals surface area contributed by atoms with Crippen molar-refractivity contribution in [2.24, 2.45) is 10.3 Å². The second kappa shape index (κ2) is 5.63. The van der Waals surface area contributed by atoms with Crippen LogP contribution in [0.5, 0.6) is 0 Å². The van der Waals surface area contributed by atoms with Crippen LogP contribution in [-0.2, 0) is 0 Å². The van der Waals surface area contributed by atoms with Crippen LogP contribution in [0.4, 0.5) is 5.69 Å². The van der Waals surface area contributed by atoms with Crippen LogP contribution >= 0.6 is 0 Å². The first-order chi connectivity index (χ1) is 8.76. The van der Waals surface area contributed by atoms with E-state index >= 15 is 0 Å². The molecule has 1 aromatic carbocycles. The van der Waals surface area contributed by atoms with Crippen molar-refractivity contribution in [1.29, 1.82) is 5.26 Å². The van der Waals surface area contributed by atoms with Crippen LogP contribution in [0.2, 0.25) is 0 Å². The number of nitriles is 1. The van der Waals surface area contributed by atoms with Gasteiger partial charge in [-0.1, -0.05) is 29.8 Å². The predicted octanol–water partition coefficient (Wildman–Crippen LogP) is 3.72. The fourth-order valence-corrected chi connectivity index (χ4v) is 2.22. The molecule has 0 atom stereocenters. The van der Waals surface area contributed by atoms with Crippen molar-refractivity contribution in [1.82, 2.24) is 0 Å². The minimum absolute atomic E-state index is 0.596. The lowest BCUT2D eigenvalue weighted by Gasteiger charge is -2.25. The van der Waals surface area contributed by atoms with Gasteiger partial charge in [0.2, 0.25) is 0 Å². The molecule has 0 aliphatic heterocycles. The fraction of sp³-hybridized carbons (Fsp3) is 0.500. The largest absolute Gasteiger partial charge is 0.250 e. The summed E-state index contributed by atoms with van der Waals surface area (Å²) in [5.74, 6) is 0. The molecule has 2 rings (SSSR count). The van der Waals surface area contributed by atoms with Gasteiger partial charge in [0, 0.05) is 7.05 Å². The zero-order chi connectivity index (χ0) is 12.8. The fourth-order valence-electron chi connectivity index (χ4n) is 2.22. The van der Waals surface area contributed by atoms with Gasteiger partial charge in [-0.2, -0.15) is 5.26 Å². The molecule has 1 fully saturated rings. The van der Waals surface area contributed by atoms with Crippen LogP contribution in [0, 0.1) is 11.3 Å². The predicted molar refractivity (Wildman–Crippen MR) is 71.1 cm³/mol. The highest BCUT2D eigenvalue weighted by Gasteiger charge is 2.32. The van der Waals surface area contributed by atoms with Crippen molar-refractivity contribution in [2.75, 3.05) is 12.1 Å². The molecule has 0 heterocycles. The smallest absolute Gasteiger partial charge is 0.169 e. The van der Waals surface area contributed by atoms with E-state index in [4.69, 9.17) is 0 Å². The SMILES string of the molecule is CN(N=NC1(C#N)CCCCC1)c1ccccc1. The highest BCUT2D eigenvalue weighted by atomic mass is 15.5. The molecule has 0 amide bonds. The van der Waals surface area contributed by atoms with E-state index in [0.29, 0.717) is 0 Å². The van der Waals surface area contributed by atoms with E-state index in [1.165, 1.54) is 6.42 Å². The third-order valence-electron chi connectivity index (χ3n) is 3.39. The number of benzene rings is 1. The Morgan fingerprint density at radius 1 is 1.17 bits per heavy atom. The molecule has 0 radical (unpaired) electrons. The topological polar surface area (TPSA) is 51.8 Å². The lowest BCUT2D eigenvalue weighted by molar-refractivity contribution is 0.353. The van der Waals surface area contributed by atoms with Crippen molar-refractivity contribution >= 4 is 5.69 Å². The molecule has 0 saturated heterocycles. The normalized spacial score (nSPS) is 18.4. The first kappa shape index (κ1) is 12.6. The highest BCUT2D eigenvalue weighted by Crippen LogP contribution is 2.31. The third-order valence-corrected chi connectivity index (χ3v) is 3.39. The molecule has 0 spiro atoms. The lowest BCUT2D eigenvalue weighted by atomic mass is 9.84. The molecular weight excluding hydrogens is 224 g/mol. The van der Waals surface area contributed by atoms with Crippen LogP contribution in [0.3, 0.4) is 0 Å². The molecular formula is C14H18N4. The van der Waals surface area contributed by atoms with Gasteiger partial charge in [-0.3, -0.25) is 5.01 Å². The quantitative estimate of drug-likeness (QED) is 0.599. The number of rotatable bonds is 3. The summed E-state index contributed by atoms with van der Waals surface area (Å²) in [5, 5.41) is 19.5. The van der Waals surface area contributed by atoms with Gasteiger partial charge in [0.05, 0.1) is 11.8 Å². The Bertz CT molecular complexity index is 441. The number of hydrogen-bond acceptors (Lipinski definition) is 3. The average molecular weight is 242 g/mol. The van der Waals surface area contributed by atoms with Crippen LogP contribution < -0.4 is 5.01 Å². The molecule has 1 aromatic rings. The molecule has 0 bridgehead atoms. The van der Waals surface area contributed by atoms with Crippen molar-refractivity contribution < 1.29 is 0 Å². The van der Waals surface area contributed by atoms with Crippen LogP contribution in [0.15, 0.2) is 40.7 Å². The van der Waals surface area contributed by atoms with Gasteiger partial charge in [0.15, 0.2) is 5.54 Å². The Hall–Kier alpha value is -1.89. The number of nitrogens with zero attached hydrogens (tertiary/aromatic N) is 4. The summed E-state index contributed by atoms with van der Waals surface area (Å²) in [4.78, 5) is 0. The van der Waals surface area contributed by atoms with E-state index in [9.17, 15) is 5.26 Å². The van der Waals surface area contributed by atoms with Gasteiger partial charge in [-0.15, -0.1) is 5.11 Å². The molecule has 0 aromatic heterocycles. The third kappa shape index (κ3) is 2.86. The minimum Gasteiger partial charge on any atom is -0.250 e. The summed E-state index contributed by atoms with van der Waals surface area (Å²) < 4.78 is 0. The Morgan fingerprint density at radius 2 is 1.83 bits per heavy atom. The molecule has 1 saturated carbocycles. The lowest BCUT2D eigenvalue weighted by Crippen LogP contribution is -2.27. The molecule has 0 N–H and O–H groups in total. The van der Waals surface area contributed by atoms with Gasteiger partial charge < -0.3 is 0 Å². The first-order valence-corrected chi connectivity index (χ1v) is 6.39. The minimum atomic E-state index is -0.596. The maximum absolute atomic E-state index is 9.30. The number of hydrogen-bond donors (Lipinski definition) is 0. The second-order valence-corrected chi connectivity index (χ2v) is 4.75. The van der Waals surface area contributed by atoms with Gasteiger partial charge in [0.25, 0.3) is 0 Å². The summed E-state index contributed by atoms with van der Waals surface area (Å²) in [6, 6.07) is 12.2.